The van der Waals surface area contributed by atoms with E-state index in [2.05, 4.69) is 10.3 Å². The Hall–Kier alpha value is -2.31. The van der Waals surface area contributed by atoms with Gasteiger partial charge in [-0.15, -0.1) is 11.8 Å². The van der Waals surface area contributed by atoms with Crippen molar-refractivity contribution in [3.63, 3.8) is 0 Å². The van der Waals surface area contributed by atoms with E-state index in [1.54, 1.807) is 11.8 Å². The van der Waals surface area contributed by atoms with Gasteiger partial charge >= 0.3 is 0 Å². The zero-order chi connectivity index (χ0) is 18.6. The number of nitrogens with zero attached hydrogens (tertiary/aromatic N) is 2. The van der Waals surface area contributed by atoms with Crippen LogP contribution in [0.25, 0.3) is 11.0 Å². The zero-order valence-corrected chi connectivity index (χ0v) is 16.2. The van der Waals surface area contributed by atoms with E-state index in [0.29, 0.717) is 18.2 Å². The molecule has 140 valence electrons. The maximum Gasteiger partial charge on any atom is 0.252 e. The van der Waals surface area contributed by atoms with Gasteiger partial charge in [0.1, 0.15) is 5.82 Å². The molecule has 1 atom stereocenters. The number of hydrogen-bond acceptors (Lipinski definition) is 4. The molecule has 1 aromatic heterocycles. The van der Waals surface area contributed by atoms with E-state index in [1.165, 1.54) is 0 Å². The van der Waals surface area contributed by atoms with Gasteiger partial charge in [-0.2, -0.15) is 0 Å². The lowest BCUT2D eigenvalue weighted by molar-refractivity contribution is 0.0946. The van der Waals surface area contributed by atoms with Crippen molar-refractivity contribution in [2.24, 2.45) is 7.05 Å². The smallest absolute Gasteiger partial charge is 0.252 e. The highest BCUT2D eigenvalue weighted by molar-refractivity contribution is 7.99. The number of fused-ring (bicyclic) bond motifs is 1. The summed E-state index contributed by atoms with van der Waals surface area (Å²) in [5.74, 6) is 1.65. The first-order chi connectivity index (χ1) is 13.2. The van der Waals surface area contributed by atoms with E-state index in [-0.39, 0.29) is 5.91 Å². The molecular formula is C21H23N3O2S. The highest BCUT2D eigenvalue weighted by atomic mass is 32.2. The summed E-state index contributed by atoms with van der Waals surface area (Å²) in [5, 5.41) is 3.02. The van der Waals surface area contributed by atoms with Gasteiger partial charge in [0, 0.05) is 24.3 Å². The van der Waals surface area contributed by atoms with Crippen LogP contribution in [0.1, 0.15) is 29.0 Å². The molecule has 1 fully saturated rings. The molecule has 3 aromatic rings. The third kappa shape index (κ3) is 4.01. The van der Waals surface area contributed by atoms with Crippen molar-refractivity contribution in [3.8, 4) is 0 Å². The number of aryl methyl sites for hydroxylation is 1. The van der Waals surface area contributed by atoms with Crippen molar-refractivity contribution in [3.05, 3.63) is 59.9 Å². The van der Waals surface area contributed by atoms with Crippen LogP contribution in [0.15, 0.2) is 53.4 Å². The molecule has 0 saturated carbocycles. The highest BCUT2D eigenvalue weighted by Crippen LogP contribution is 2.26. The minimum absolute atomic E-state index is 0.0718. The van der Waals surface area contributed by atoms with Gasteiger partial charge in [-0.3, -0.25) is 4.79 Å². The van der Waals surface area contributed by atoms with Gasteiger partial charge in [0.25, 0.3) is 5.91 Å². The number of para-hydroxylation sites is 2. The Morgan fingerprint density at radius 2 is 2.07 bits per heavy atom. The molecule has 0 bridgehead atoms. The van der Waals surface area contributed by atoms with Crippen LogP contribution in [0.5, 0.6) is 0 Å². The van der Waals surface area contributed by atoms with Crippen LogP contribution in [0, 0.1) is 0 Å². The van der Waals surface area contributed by atoms with Crippen LogP contribution in [-0.4, -0.2) is 33.9 Å². The van der Waals surface area contributed by atoms with Crippen LogP contribution in [-0.2, 0) is 18.3 Å². The molecule has 1 aliphatic rings. The molecule has 1 N–H and O–H groups in total. The third-order valence-corrected chi connectivity index (χ3v) is 6.07. The van der Waals surface area contributed by atoms with Crippen LogP contribution < -0.4 is 5.32 Å². The second-order valence-electron chi connectivity index (χ2n) is 6.70. The highest BCUT2D eigenvalue weighted by Gasteiger charge is 2.18. The molecule has 1 unspecified atom stereocenters. The molecule has 5 nitrogen and oxygen atoms in total. The number of ether oxygens (including phenoxy) is 1. The molecule has 0 radical (unpaired) electrons. The summed E-state index contributed by atoms with van der Waals surface area (Å²) in [6, 6.07) is 15.7. The summed E-state index contributed by atoms with van der Waals surface area (Å²) in [6.45, 7) is 1.25. The molecule has 1 saturated heterocycles. The number of carbonyl (C=O) groups excluding carboxylic acids is 1. The minimum Gasteiger partial charge on any atom is -0.377 e. The van der Waals surface area contributed by atoms with E-state index in [4.69, 9.17) is 4.74 Å². The summed E-state index contributed by atoms with van der Waals surface area (Å²) >= 11 is 1.69. The summed E-state index contributed by atoms with van der Waals surface area (Å²) < 4.78 is 7.71. The fraction of sp³-hybridized carbons (Fsp3) is 0.333. The Kier molecular flexibility index (Phi) is 5.45. The molecule has 2 aromatic carbocycles. The molecule has 2 heterocycles. The Bertz CT molecular complexity index is 948. The number of benzene rings is 2. The summed E-state index contributed by atoms with van der Waals surface area (Å²) in [7, 11) is 1.97. The number of amides is 1. The van der Waals surface area contributed by atoms with E-state index >= 15 is 0 Å². The predicted octanol–water partition coefficient (Wildman–Crippen LogP) is 3.77. The van der Waals surface area contributed by atoms with Crippen molar-refractivity contribution in [2.75, 3.05) is 12.4 Å². The summed E-state index contributed by atoms with van der Waals surface area (Å²) in [5.41, 5.74) is 2.71. The normalized spacial score (nSPS) is 16.7. The van der Waals surface area contributed by atoms with E-state index in [1.807, 2.05) is 60.1 Å². The fourth-order valence-corrected chi connectivity index (χ4v) is 4.47. The van der Waals surface area contributed by atoms with Crippen LogP contribution >= 0.6 is 11.8 Å². The van der Waals surface area contributed by atoms with Gasteiger partial charge in [-0.1, -0.05) is 24.3 Å². The number of aromatic nitrogens is 2. The molecular weight excluding hydrogens is 358 g/mol. The number of nitrogens with one attached hydrogen (secondary N) is 1. The second kappa shape index (κ2) is 8.15. The Labute approximate surface area is 163 Å². The maximum absolute atomic E-state index is 12.8. The lowest BCUT2D eigenvalue weighted by atomic mass is 10.2. The minimum atomic E-state index is -0.0718. The van der Waals surface area contributed by atoms with Crippen molar-refractivity contribution in [2.45, 2.75) is 30.4 Å². The number of imidazole rings is 1. The van der Waals surface area contributed by atoms with Crippen LogP contribution in [0.2, 0.25) is 0 Å². The third-order valence-electron chi connectivity index (χ3n) is 4.87. The standard InChI is InChI=1S/C21H23N3O2S/c1-24-18-10-4-3-9-17(18)23-20(24)13-22-21(25)16-8-2-5-11-19(16)27-14-15-7-6-12-26-15/h2-5,8-11,15H,6-7,12-14H2,1H3,(H,22,25). The molecule has 0 aliphatic carbocycles. The lowest BCUT2D eigenvalue weighted by Crippen LogP contribution is -2.25. The largest absolute Gasteiger partial charge is 0.377 e. The molecule has 0 spiro atoms. The van der Waals surface area contributed by atoms with E-state index in [9.17, 15) is 4.79 Å². The molecule has 6 heteroatoms. The second-order valence-corrected chi connectivity index (χ2v) is 7.76. The Balaban J connectivity index is 1.44. The average molecular weight is 382 g/mol. The Morgan fingerprint density at radius 3 is 2.89 bits per heavy atom. The summed E-state index contributed by atoms with van der Waals surface area (Å²) in [4.78, 5) is 18.4. The maximum atomic E-state index is 12.8. The quantitative estimate of drug-likeness (QED) is 0.661. The first-order valence-corrected chi connectivity index (χ1v) is 10.2. The fourth-order valence-electron chi connectivity index (χ4n) is 3.35. The van der Waals surface area contributed by atoms with E-state index in [0.717, 1.165) is 47.0 Å². The monoisotopic (exact) mass is 381 g/mol. The number of rotatable bonds is 6. The number of hydrogen-bond donors (Lipinski definition) is 1. The van der Waals surface area contributed by atoms with Crippen molar-refractivity contribution < 1.29 is 9.53 Å². The first-order valence-electron chi connectivity index (χ1n) is 9.24. The lowest BCUT2D eigenvalue weighted by Gasteiger charge is -2.12. The first kappa shape index (κ1) is 18.1. The summed E-state index contributed by atoms with van der Waals surface area (Å²) in [6.07, 6.45) is 2.53. The number of carbonyl (C=O) groups is 1. The predicted molar refractivity (Wildman–Crippen MR) is 108 cm³/mol. The van der Waals surface area contributed by atoms with Gasteiger partial charge < -0.3 is 14.6 Å². The van der Waals surface area contributed by atoms with E-state index < -0.39 is 0 Å². The van der Waals surface area contributed by atoms with Gasteiger partial charge in [0.15, 0.2) is 0 Å². The average Bonchev–Trinajstić information content (AvgIpc) is 3.33. The Morgan fingerprint density at radius 1 is 1.26 bits per heavy atom. The van der Waals surface area contributed by atoms with Crippen LogP contribution in [0.3, 0.4) is 0 Å². The van der Waals surface area contributed by atoms with Gasteiger partial charge in [0.2, 0.25) is 0 Å². The number of thioether (sulfide) groups is 1. The SMILES string of the molecule is Cn1c(CNC(=O)c2ccccc2SCC2CCCO2)nc2ccccc21. The topological polar surface area (TPSA) is 56.2 Å². The van der Waals surface area contributed by atoms with Crippen molar-refractivity contribution >= 4 is 28.7 Å². The molecule has 1 amide bonds. The zero-order valence-electron chi connectivity index (χ0n) is 15.4. The van der Waals surface area contributed by atoms with Crippen LogP contribution in [0.4, 0.5) is 0 Å². The van der Waals surface area contributed by atoms with Gasteiger partial charge in [-0.25, -0.2) is 4.98 Å². The van der Waals surface area contributed by atoms with Crippen molar-refractivity contribution in [1.29, 1.82) is 0 Å². The van der Waals surface area contributed by atoms with Gasteiger partial charge in [-0.05, 0) is 37.1 Å². The van der Waals surface area contributed by atoms with Gasteiger partial charge in [0.05, 0.1) is 29.2 Å². The molecule has 1 aliphatic heterocycles. The van der Waals surface area contributed by atoms with Crippen molar-refractivity contribution in [1.82, 2.24) is 14.9 Å². The molecule has 4 rings (SSSR count). The molecule has 27 heavy (non-hydrogen) atoms.